The van der Waals surface area contributed by atoms with E-state index in [1.54, 1.807) is 24.3 Å². The number of rotatable bonds is 3. The molecule has 6 heteroatoms. The second kappa shape index (κ2) is 5.16. The summed E-state index contributed by atoms with van der Waals surface area (Å²) in [5, 5.41) is 30.4. The maximum Gasteiger partial charge on any atom is 0.116 e. The van der Waals surface area contributed by atoms with Gasteiger partial charge in [0.1, 0.15) is 5.60 Å². The lowest BCUT2D eigenvalue weighted by molar-refractivity contribution is 0.00662. The smallest absolute Gasteiger partial charge is 0.116 e. The Morgan fingerprint density at radius 2 is 2.17 bits per heavy atom. The van der Waals surface area contributed by atoms with E-state index in [2.05, 4.69) is 5.32 Å². The van der Waals surface area contributed by atoms with Gasteiger partial charge in [-0.2, -0.15) is 5.26 Å². The summed E-state index contributed by atoms with van der Waals surface area (Å²) in [4.78, 5) is 0.551. The Balaban J connectivity index is 2.23. The van der Waals surface area contributed by atoms with Gasteiger partial charge >= 0.3 is 0 Å². The fraction of sp³-hybridized carbons (Fsp3) is 0.417. The van der Waals surface area contributed by atoms with Crippen molar-refractivity contribution in [2.24, 2.45) is 0 Å². The van der Waals surface area contributed by atoms with Crippen LogP contribution in [0.1, 0.15) is 5.56 Å². The lowest BCUT2D eigenvalue weighted by Crippen LogP contribution is -2.47. The third kappa shape index (κ3) is 2.31. The molecule has 18 heavy (non-hydrogen) atoms. The zero-order chi connectivity index (χ0) is 13.2. The number of nitrogens with one attached hydrogen (secondary N) is 1. The van der Waals surface area contributed by atoms with Crippen molar-refractivity contribution in [2.75, 3.05) is 19.7 Å². The number of benzene rings is 1. The SMILES string of the molecule is N#Cc1ccc(S(=O)[C@H]2CNCC2(O)CO)cc1. The van der Waals surface area contributed by atoms with Gasteiger partial charge < -0.3 is 15.5 Å². The molecule has 1 aromatic carbocycles. The van der Waals surface area contributed by atoms with Crippen molar-refractivity contribution in [1.82, 2.24) is 5.32 Å². The number of nitriles is 1. The highest BCUT2D eigenvalue weighted by molar-refractivity contribution is 7.85. The van der Waals surface area contributed by atoms with Crippen LogP contribution < -0.4 is 5.32 Å². The van der Waals surface area contributed by atoms with Crippen molar-refractivity contribution in [1.29, 1.82) is 5.26 Å². The predicted octanol–water partition coefficient (Wildman–Crippen LogP) is -0.639. The van der Waals surface area contributed by atoms with Crippen molar-refractivity contribution < 1.29 is 14.4 Å². The number of aliphatic hydroxyl groups is 2. The van der Waals surface area contributed by atoms with Gasteiger partial charge in [-0.15, -0.1) is 0 Å². The first-order valence-corrected chi connectivity index (χ1v) is 6.77. The number of hydrogen-bond acceptors (Lipinski definition) is 5. The van der Waals surface area contributed by atoms with Crippen molar-refractivity contribution in [3.63, 3.8) is 0 Å². The van der Waals surface area contributed by atoms with Gasteiger partial charge in [0.25, 0.3) is 0 Å². The van der Waals surface area contributed by atoms with Crippen LogP contribution in [-0.4, -0.2) is 45.0 Å². The highest BCUT2D eigenvalue weighted by Gasteiger charge is 2.44. The molecule has 0 saturated carbocycles. The zero-order valence-electron chi connectivity index (χ0n) is 9.67. The summed E-state index contributed by atoms with van der Waals surface area (Å²) in [6.45, 7) is 0.201. The third-order valence-corrected chi connectivity index (χ3v) is 4.97. The molecule has 3 N–H and O–H groups in total. The van der Waals surface area contributed by atoms with Crippen LogP contribution >= 0.6 is 0 Å². The second-order valence-corrected chi connectivity index (χ2v) is 5.95. The Hall–Kier alpha value is -1.26. The van der Waals surface area contributed by atoms with E-state index in [0.717, 1.165) is 0 Å². The first-order valence-electron chi connectivity index (χ1n) is 5.55. The molecule has 1 aliphatic heterocycles. The normalized spacial score (nSPS) is 28.8. The summed E-state index contributed by atoms with van der Waals surface area (Å²) in [7, 11) is -1.42. The highest BCUT2D eigenvalue weighted by atomic mass is 32.2. The zero-order valence-corrected chi connectivity index (χ0v) is 10.5. The molecular formula is C12H14N2O3S. The van der Waals surface area contributed by atoms with E-state index < -0.39 is 28.3 Å². The molecule has 0 spiro atoms. The molecule has 96 valence electrons. The first kappa shape index (κ1) is 13.2. The number of aliphatic hydroxyl groups excluding tert-OH is 1. The molecule has 1 saturated heterocycles. The molecule has 1 heterocycles. The van der Waals surface area contributed by atoms with Gasteiger partial charge in [0.05, 0.1) is 34.3 Å². The molecule has 2 rings (SSSR count). The van der Waals surface area contributed by atoms with Crippen LogP contribution in [0, 0.1) is 11.3 Å². The first-order chi connectivity index (χ1) is 8.60. The van der Waals surface area contributed by atoms with Gasteiger partial charge in [0.15, 0.2) is 0 Å². The Bertz CT molecular complexity index is 497. The predicted molar refractivity (Wildman–Crippen MR) is 66.3 cm³/mol. The standard InChI is InChI=1S/C12H14N2O3S/c13-5-9-1-3-10(4-2-9)18(17)11-6-14-7-12(11,16)8-15/h1-4,11,14-16H,6-8H2/t11-,12?,18?/m0/s1. The van der Waals surface area contributed by atoms with Crippen LogP contribution in [-0.2, 0) is 10.8 Å². The van der Waals surface area contributed by atoms with Crippen molar-refractivity contribution in [2.45, 2.75) is 15.7 Å². The molecule has 0 amide bonds. The van der Waals surface area contributed by atoms with Crippen LogP contribution in [0.4, 0.5) is 0 Å². The quantitative estimate of drug-likeness (QED) is 0.677. The minimum Gasteiger partial charge on any atom is -0.393 e. The van der Waals surface area contributed by atoms with Gasteiger partial charge in [-0.25, -0.2) is 0 Å². The average molecular weight is 266 g/mol. The maximum absolute atomic E-state index is 12.3. The molecule has 1 aliphatic rings. The van der Waals surface area contributed by atoms with Gasteiger partial charge in [0.2, 0.25) is 0 Å². The molecule has 0 aliphatic carbocycles. The van der Waals surface area contributed by atoms with E-state index in [1.165, 1.54) is 0 Å². The summed E-state index contributed by atoms with van der Waals surface area (Å²) in [5.41, 5.74) is -0.851. The molecule has 1 aromatic rings. The van der Waals surface area contributed by atoms with Crippen LogP contribution in [0.5, 0.6) is 0 Å². The largest absolute Gasteiger partial charge is 0.393 e. The monoisotopic (exact) mass is 266 g/mol. The van der Waals surface area contributed by atoms with E-state index in [1.807, 2.05) is 6.07 Å². The minimum absolute atomic E-state index is 0.232. The fourth-order valence-electron chi connectivity index (χ4n) is 1.98. The summed E-state index contributed by atoms with van der Waals surface area (Å²) in [6, 6.07) is 8.40. The van der Waals surface area contributed by atoms with Gasteiger partial charge in [0, 0.05) is 18.0 Å². The average Bonchev–Trinajstić information content (AvgIpc) is 2.81. The van der Waals surface area contributed by atoms with Crippen LogP contribution in [0.3, 0.4) is 0 Å². The summed E-state index contributed by atoms with van der Waals surface area (Å²) >= 11 is 0. The van der Waals surface area contributed by atoms with Gasteiger partial charge in [-0.05, 0) is 24.3 Å². The van der Waals surface area contributed by atoms with E-state index >= 15 is 0 Å². The molecule has 0 bridgehead atoms. The van der Waals surface area contributed by atoms with Crippen LogP contribution in [0.15, 0.2) is 29.2 Å². The molecule has 2 unspecified atom stereocenters. The summed E-state index contributed by atoms with van der Waals surface area (Å²) in [6.07, 6.45) is 0. The van der Waals surface area contributed by atoms with E-state index in [9.17, 15) is 14.4 Å². The molecule has 1 fully saturated rings. The Morgan fingerprint density at radius 3 is 2.72 bits per heavy atom. The topological polar surface area (TPSA) is 93.4 Å². The Kier molecular flexibility index (Phi) is 3.78. The van der Waals surface area contributed by atoms with Crippen molar-refractivity contribution in [3.05, 3.63) is 29.8 Å². The molecule has 0 aromatic heterocycles. The Morgan fingerprint density at radius 1 is 1.50 bits per heavy atom. The van der Waals surface area contributed by atoms with E-state index in [4.69, 9.17) is 5.26 Å². The van der Waals surface area contributed by atoms with Gasteiger partial charge in [-0.1, -0.05) is 0 Å². The second-order valence-electron chi connectivity index (χ2n) is 4.31. The van der Waals surface area contributed by atoms with Crippen molar-refractivity contribution in [3.8, 4) is 6.07 Å². The van der Waals surface area contributed by atoms with E-state index in [-0.39, 0.29) is 6.54 Å². The third-order valence-electron chi connectivity index (χ3n) is 3.11. The van der Waals surface area contributed by atoms with Gasteiger partial charge in [-0.3, -0.25) is 4.21 Å². The highest BCUT2D eigenvalue weighted by Crippen LogP contribution is 2.24. The molecular weight excluding hydrogens is 252 g/mol. The summed E-state index contributed by atoms with van der Waals surface area (Å²) in [5.74, 6) is 0. The van der Waals surface area contributed by atoms with Crippen LogP contribution in [0.2, 0.25) is 0 Å². The molecule has 0 radical (unpaired) electrons. The minimum atomic E-state index is -1.42. The molecule has 3 atom stereocenters. The van der Waals surface area contributed by atoms with Crippen molar-refractivity contribution >= 4 is 10.8 Å². The molecule has 5 nitrogen and oxygen atoms in total. The number of nitrogens with zero attached hydrogens (tertiary/aromatic N) is 1. The van der Waals surface area contributed by atoms with E-state index in [0.29, 0.717) is 17.0 Å². The lowest BCUT2D eigenvalue weighted by Gasteiger charge is -2.25. The fourth-order valence-corrected chi connectivity index (χ4v) is 3.54. The Labute approximate surface area is 108 Å². The maximum atomic E-state index is 12.3. The number of β-amino-alcohol motifs (C(OH)–C–C–N with tert-alkyl or cyclic N) is 1. The lowest BCUT2D eigenvalue weighted by atomic mass is 10.1. The number of hydrogen-bond donors (Lipinski definition) is 3. The summed E-state index contributed by atoms with van der Waals surface area (Å²) < 4.78 is 12.3. The van der Waals surface area contributed by atoms with Crippen LogP contribution in [0.25, 0.3) is 0 Å².